The van der Waals surface area contributed by atoms with E-state index in [1.54, 1.807) is 13.0 Å². The molecule has 0 fully saturated rings. The molecule has 2 rings (SSSR count). The van der Waals surface area contributed by atoms with Crippen molar-refractivity contribution in [3.63, 3.8) is 0 Å². The van der Waals surface area contributed by atoms with Crippen LogP contribution in [-0.2, 0) is 0 Å². The first-order chi connectivity index (χ1) is 10.9. The van der Waals surface area contributed by atoms with E-state index in [9.17, 15) is 8.78 Å². The number of aromatic nitrogens is 2. The van der Waals surface area contributed by atoms with E-state index in [-0.39, 0.29) is 17.2 Å². The number of hydrogen-bond acceptors (Lipinski definition) is 3. The van der Waals surface area contributed by atoms with E-state index in [0.29, 0.717) is 24.0 Å². The predicted octanol–water partition coefficient (Wildman–Crippen LogP) is 4.79. The minimum Gasteiger partial charge on any atom is -0.490 e. The Morgan fingerprint density at radius 1 is 1.09 bits per heavy atom. The monoisotopic (exact) mass is 320 g/mol. The van der Waals surface area contributed by atoms with Crippen molar-refractivity contribution in [2.45, 2.75) is 34.1 Å². The van der Waals surface area contributed by atoms with Crippen molar-refractivity contribution in [2.75, 3.05) is 6.61 Å². The molecule has 0 bridgehead atoms. The van der Waals surface area contributed by atoms with Gasteiger partial charge in [0.15, 0.2) is 11.6 Å². The van der Waals surface area contributed by atoms with Gasteiger partial charge in [-0.3, -0.25) is 0 Å². The number of aryl methyl sites for hydroxylation is 1. The molecule has 0 N–H and O–H groups in total. The summed E-state index contributed by atoms with van der Waals surface area (Å²) in [6, 6.07) is 4.49. The molecule has 1 aromatic heterocycles. The van der Waals surface area contributed by atoms with Gasteiger partial charge in [0.25, 0.3) is 0 Å². The highest BCUT2D eigenvalue weighted by atomic mass is 19.2. The van der Waals surface area contributed by atoms with Crippen molar-refractivity contribution >= 4 is 0 Å². The molecule has 5 heteroatoms. The summed E-state index contributed by atoms with van der Waals surface area (Å²) in [6.07, 6.45) is 2.50. The molecule has 0 spiro atoms. The maximum atomic E-state index is 14.3. The van der Waals surface area contributed by atoms with E-state index in [1.165, 1.54) is 18.3 Å². The molecule has 0 aliphatic heterocycles. The number of benzene rings is 1. The van der Waals surface area contributed by atoms with E-state index >= 15 is 0 Å². The first-order valence-corrected chi connectivity index (χ1v) is 7.79. The van der Waals surface area contributed by atoms with Gasteiger partial charge in [0.05, 0.1) is 12.3 Å². The average molecular weight is 320 g/mol. The lowest BCUT2D eigenvalue weighted by molar-refractivity contribution is 0.228. The van der Waals surface area contributed by atoms with Crippen LogP contribution in [0.2, 0.25) is 0 Å². The normalized spacial score (nSPS) is 12.5. The van der Waals surface area contributed by atoms with Crippen molar-refractivity contribution in [2.24, 2.45) is 11.8 Å². The number of nitrogens with zero attached hydrogens (tertiary/aromatic N) is 2. The van der Waals surface area contributed by atoms with Crippen molar-refractivity contribution in [3.8, 4) is 17.0 Å². The molecule has 0 amide bonds. The molecule has 1 aromatic carbocycles. The summed E-state index contributed by atoms with van der Waals surface area (Å²) in [5, 5.41) is 0. The van der Waals surface area contributed by atoms with Crippen molar-refractivity contribution < 1.29 is 13.5 Å². The van der Waals surface area contributed by atoms with Gasteiger partial charge in [-0.05, 0) is 43.4 Å². The summed E-state index contributed by atoms with van der Waals surface area (Å²) < 4.78 is 34.0. The molecule has 0 radical (unpaired) electrons. The largest absolute Gasteiger partial charge is 0.490 e. The third-order valence-corrected chi connectivity index (χ3v) is 3.50. The van der Waals surface area contributed by atoms with Crippen LogP contribution in [0.25, 0.3) is 11.3 Å². The van der Waals surface area contributed by atoms with Crippen molar-refractivity contribution in [3.05, 3.63) is 41.9 Å². The van der Waals surface area contributed by atoms with Crippen LogP contribution in [0.5, 0.6) is 5.75 Å². The van der Waals surface area contributed by atoms with E-state index in [2.05, 4.69) is 23.8 Å². The Hall–Kier alpha value is -2.04. The minimum absolute atomic E-state index is 0.0624. The van der Waals surface area contributed by atoms with Gasteiger partial charge in [-0.1, -0.05) is 20.8 Å². The molecule has 1 heterocycles. The second kappa shape index (κ2) is 7.49. The fourth-order valence-corrected chi connectivity index (χ4v) is 2.55. The number of ether oxygens (including phenoxy) is 1. The highest BCUT2D eigenvalue weighted by Crippen LogP contribution is 2.29. The third-order valence-electron chi connectivity index (χ3n) is 3.50. The SMILES string of the molecule is Cc1nccc(-c2ccc(OC[C@@H](C)CC(C)C)c(F)c2F)n1. The molecule has 3 nitrogen and oxygen atoms in total. The maximum Gasteiger partial charge on any atom is 0.201 e. The van der Waals surface area contributed by atoms with Crippen molar-refractivity contribution in [1.82, 2.24) is 9.97 Å². The molecule has 23 heavy (non-hydrogen) atoms. The predicted molar refractivity (Wildman–Crippen MR) is 86.2 cm³/mol. The zero-order valence-electron chi connectivity index (χ0n) is 13.9. The van der Waals surface area contributed by atoms with Crippen LogP contribution in [0, 0.1) is 30.4 Å². The molecular weight excluding hydrogens is 298 g/mol. The van der Waals surface area contributed by atoms with Gasteiger partial charge in [0.2, 0.25) is 5.82 Å². The van der Waals surface area contributed by atoms with Crippen LogP contribution in [0.3, 0.4) is 0 Å². The molecule has 1 atom stereocenters. The van der Waals surface area contributed by atoms with Crippen molar-refractivity contribution in [1.29, 1.82) is 0 Å². The summed E-state index contributed by atoms with van der Waals surface area (Å²) in [6.45, 7) is 8.34. The summed E-state index contributed by atoms with van der Waals surface area (Å²) in [5.41, 5.74) is 0.462. The molecule has 0 aliphatic carbocycles. The number of halogens is 2. The number of hydrogen-bond donors (Lipinski definition) is 0. The Kier molecular flexibility index (Phi) is 5.64. The minimum atomic E-state index is -0.976. The Balaban J connectivity index is 2.17. The molecular formula is C18H22F2N2O. The van der Waals surface area contributed by atoms with Crippen LogP contribution in [0.1, 0.15) is 33.0 Å². The average Bonchev–Trinajstić information content (AvgIpc) is 2.48. The van der Waals surface area contributed by atoms with E-state index in [1.807, 2.05) is 6.92 Å². The Morgan fingerprint density at radius 2 is 1.83 bits per heavy atom. The number of rotatable bonds is 6. The molecule has 124 valence electrons. The Bertz CT molecular complexity index is 674. The van der Waals surface area contributed by atoms with Crippen LogP contribution < -0.4 is 4.74 Å². The topological polar surface area (TPSA) is 35.0 Å². The van der Waals surface area contributed by atoms with Gasteiger partial charge in [-0.15, -0.1) is 0 Å². The molecule has 0 saturated heterocycles. The summed E-state index contributed by atoms with van der Waals surface area (Å²) in [5.74, 6) is -0.661. The van der Waals surface area contributed by atoms with Gasteiger partial charge < -0.3 is 4.74 Å². The quantitative estimate of drug-likeness (QED) is 0.767. The first kappa shape index (κ1) is 17.3. The highest BCUT2D eigenvalue weighted by molar-refractivity contribution is 5.61. The fraction of sp³-hybridized carbons (Fsp3) is 0.444. The standard InChI is InChI=1S/C18H22F2N2O/c1-11(2)9-12(3)10-23-16-6-5-14(17(19)18(16)20)15-7-8-21-13(4)22-15/h5-8,11-12H,9-10H2,1-4H3/t12-/m0/s1. The Morgan fingerprint density at radius 3 is 2.48 bits per heavy atom. The van der Waals surface area contributed by atoms with E-state index < -0.39 is 11.6 Å². The van der Waals surface area contributed by atoms with Crippen LogP contribution in [0.4, 0.5) is 8.78 Å². The zero-order chi connectivity index (χ0) is 17.0. The zero-order valence-corrected chi connectivity index (χ0v) is 13.9. The third kappa shape index (κ3) is 4.47. The second-order valence-electron chi connectivity index (χ2n) is 6.27. The van der Waals surface area contributed by atoms with Gasteiger partial charge in [-0.25, -0.2) is 14.4 Å². The summed E-state index contributed by atoms with van der Waals surface area (Å²) in [7, 11) is 0. The lowest BCUT2D eigenvalue weighted by Crippen LogP contribution is -2.12. The van der Waals surface area contributed by atoms with Gasteiger partial charge in [0.1, 0.15) is 5.82 Å². The van der Waals surface area contributed by atoms with Gasteiger partial charge in [0, 0.05) is 11.8 Å². The smallest absolute Gasteiger partial charge is 0.201 e. The highest BCUT2D eigenvalue weighted by Gasteiger charge is 2.17. The van der Waals surface area contributed by atoms with Crippen LogP contribution in [0.15, 0.2) is 24.4 Å². The Labute approximate surface area is 135 Å². The fourth-order valence-electron chi connectivity index (χ4n) is 2.55. The molecule has 0 unspecified atom stereocenters. The van der Waals surface area contributed by atoms with Gasteiger partial charge in [-0.2, -0.15) is 4.39 Å². The molecule has 0 saturated carbocycles. The summed E-state index contributed by atoms with van der Waals surface area (Å²) in [4.78, 5) is 8.08. The van der Waals surface area contributed by atoms with Crippen LogP contribution >= 0.6 is 0 Å². The lowest BCUT2D eigenvalue weighted by Gasteiger charge is -2.16. The van der Waals surface area contributed by atoms with Gasteiger partial charge >= 0.3 is 0 Å². The van der Waals surface area contributed by atoms with Crippen LogP contribution in [-0.4, -0.2) is 16.6 Å². The lowest BCUT2D eigenvalue weighted by atomic mass is 10.00. The second-order valence-corrected chi connectivity index (χ2v) is 6.27. The maximum absolute atomic E-state index is 14.3. The first-order valence-electron chi connectivity index (χ1n) is 7.79. The van der Waals surface area contributed by atoms with E-state index in [4.69, 9.17) is 4.74 Å². The molecule has 0 aliphatic rings. The summed E-state index contributed by atoms with van der Waals surface area (Å²) >= 11 is 0. The molecule has 2 aromatic rings. The van der Waals surface area contributed by atoms with E-state index in [0.717, 1.165) is 6.42 Å².